The van der Waals surface area contributed by atoms with Gasteiger partial charge in [-0.15, -0.1) is 21.5 Å². The van der Waals surface area contributed by atoms with Gasteiger partial charge in [0.15, 0.2) is 5.16 Å². The van der Waals surface area contributed by atoms with Crippen molar-refractivity contribution >= 4 is 63.2 Å². The zero-order chi connectivity index (χ0) is 27.1. The average Bonchev–Trinajstić information content (AvgIpc) is 3.37. The summed E-state index contributed by atoms with van der Waals surface area (Å²) in [5.41, 5.74) is 1.54. The minimum Gasteiger partial charge on any atom is -0.492 e. The quantitative estimate of drug-likeness (QED) is 0.117. The van der Waals surface area contributed by atoms with E-state index in [-0.39, 0.29) is 11.7 Å². The van der Waals surface area contributed by atoms with Crippen LogP contribution in [0.5, 0.6) is 5.75 Å². The van der Waals surface area contributed by atoms with E-state index in [1.807, 2.05) is 11.5 Å². The molecule has 0 radical (unpaired) electrons. The molecule has 1 aliphatic carbocycles. The van der Waals surface area contributed by atoms with Crippen LogP contribution in [0.1, 0.15) is 59.2 Å². The number of benzene rings is 1. The minimum atomic E-state index is -0.398. The third-order valence-corrected chi connectivity index (χ3v) is 8.91. The summed E-state index contributed by atoms with van der Waals surface area (Å²) >= 11 is 14.9. The highest BCUT2D eigenvalue weighted by atomic mass is 35.5. The van der Waals surface area contributed by atoms with Crippen molar-refractivity contribution in [3.8, 4) is 5.75 Å². The summed E-state index contributed by atoms with van der Waals surface area (Å²) in [6.07, 6.45) is 6.42. The molecule has 1 amide bonds. The first kappa shape index (κ1) is 28.7. The van der Waals surface area contributed by atoms with Gasteiger partial charge in [-0.25, -0.2) is 4.79 Å². The summed E-state index contributed by atoms with van der Waals surface area (Å²) in [5, 5.41) is 13.9. The van der Waals surface area contributed by atoms with E-state index in [0.717, 1.165) is 49.9 Å². The van der Waals surface area contributed by atoms with E-state index < -0.39 is 5.97 Å². The van der Waals surface area contributed by atoms with Gasteiger partial charge in [0, 0.05) is 22.9 Å². The third-order valence-electron chi connectivity index (χ3n) is 6.20. The number of aromatic nitrogens is 3. The maximum Gasteiger partial charge on any atom is 0.341 e. The number of carbonyl (C=O) groups is 2. The summed E-state index contributed by atoms with van der Waals surface area (Å²) in [6, 6.07) is 5.14. The second-order valence-electron chi connectivity index (χ2n) is 8.77. The van der Waals surface area contributed by atoms with Crippen LogP contribution in [0.3, 0.4) is 0 Å². The number of thioether (sulfide) groups is 1. The number of esters is 1. The number of halogens is 2. The molecule has 0 aliphatic heterocycles. The van der Waals surface area contributed by atoms with E-state index in [1.165, 1.54) is 35.1 Å². The lowest BCUT2D eigenvalue weighted by Crippen LogP contribution is -2.17. The van der Waals surface area contributed by atoms with Crippen LogP contribution in [0.15, 0.2) is 23.4 Å². The van der Waals surface area contributed by atoms with Gasteiger partial charge < -0.3 is 19.4 Å². The number of hydrogen-bond acceptors (Lipinski definition) is 8. The Hall–Kier alpha value is -2.27. The number of hydrogen-bond donors (Lipinski definition) is 1. The van der Waals surface area contributed by atoms with Gasteiger partial charge in [-0.1, -0.05) is 41.4 Å². The van der Waals surface area contributed by atoms with Gasteiger partial charge in [-0.05, 0) is 62.8 Å². The van der Waals surface area contributed by atoms with Crippen molar-refractivity contribution in [3.05, 3.63) is 50.1 Å². The number of nitrogens with one attached hydrogen (secondary N) is 1. The number of anilines is 1. The molecule has 38 heavy (non-hydrogen) atoms. The van der Waals surface area contributed by atoms with E-state index >= 15 is 0 Å². The van der Waals surface area contributed by atoms with Crippen LogP contribution < -0.4 is 10.1 Å². The molecule has 0 fully saturated rings. The molecule has 0 spiro atoms. The zero-order valence-electron chi connectivity index (χ0n) is 21.4. The summed E-state index contributed by atoms with van der Waals surface area (Å²) in [6.45, 7) is 3.17. The van der Waals surface area contributed by atoms with Gasteiger partial charge in [-0.2, -0.15) is 0 Å². The van der Waals surface area contributed by atoms with Crippen molar-refractivity contribution in [2.24, 2.45) is 0 Å². The molecule has 2 heterocycles. The van der Waals surface area contributed by atoms with E-state index in [0.29, 0.717) is 51.1 Å². The first-order valence-electron chi connectivity index (χ1n) is 12.6. The van der Waals surface area contributed by atoms with Crippen LogP contribution in [0.2, 0.25) is 10.0 Å². The van der Waals surface area contributed by atoms with Crippen LogP contribution in [-0.4, -0.2) is 46.1 Å². The molecule has 0 saturated heterocycles. The Morgan fingerprint density at radius 1 is 1.18 bits per heavy atom. The minimum absolute atomic E-state index is 0.152. The van der Waals surface area contributed by atoms with Gasteiger partial charge in [0.1, 0.15) is 16.6 Å². The molecule has 0 bridgehead atoms. The molecule has 1 N–H and O–H groups in total. The standard InChI is InChI=1S/C26H30Cl2N4O4S2/c1-3-32-21(10-7-13-36-19-12-11-16(27)14-18(19)28)30-31-26(32)37-15-22(33)29-24-23(25(34)35-2)17-8-5-4-6-9-20(17)38-24/h11-12,14H,3-10,13,15H2,1-2H3,(H,29,33). The molecule has 3 aromatic rings. The number of amides is 1. The molecule has 1 aromatic carbocycles. The van der Waals surface area contributed by atoms with Crippen LogP contribution in [0, 0.1) is 0 Å². The van der Waals surface area contributed by atoms with Crippen LogP contribution in [-0.2, 0) is 35.3 Å². The van der Waals surface area contributed by atoms with E-state index in [4.69, 9.17) is 32.7 Å². The Kier molecular flexibility index (Phi) is 10.3. The fourth-order valence-electron chi connectivity index (χ4n) is 4.37. The molecule has 0 saturated carbocycles. The predicted molar refractivity (Wildman–Crippen MR) is 152 cm³/mol. The van der Waals surface area contributed by atoms with Crippen molar-refractivity contribution in [2.45, 2.75) is 63.6 Å². The molecule has 0 unspecified atom stereocenters. The van der Waals surface area contributed by atoms with E-state index in [1.54, 1.807) is 18.2 Å². The van der Waals surface area contributed by atoms with Gasteiger partial charge in [0.05, 0.1) is 30.1 Å². The molecular formula is C26H30Cl2N4O4S2. The van der Waals surface area contributed by atoms with Gasteiger partial charge in [-0.3, -0.25) is 4.79 Å². The highest BCUT2D eigenvalue weighted by Crippen LogP contribution is 2.38. The number of ether oxygens (including phenoxy) is 2. The highest BCUT2D eigenvalue weighted by Gasteiger charge is 2.26. The molecule has 4 rings (SSSR count). The molecule has 204 valence electrons. The summed E-state index contributed by atoms with van der Waals surface area (Å²) in [4.78, 5) is 26.6. The van der Waals surface area contributed by atoms with Crippen molar-refractivity contribution in [2.75, 3.05) is 24.8 Å². The van der Waals surface area contributed by atoms with Crippen LogP contribution in [0.4, 0.5) is 5.00 Å². The Morgan fingerprint density at radius 3 is 2.76 bits per heavy atom. The van der Waals surface area contributed by atoms with Crippen LogP contribution >= 0.6 is 46.3 Å². The Bertz CT molecular complexity index is 1290. The summed E-state index contributed by atoms with van der Waals surface area (Å²) in [7, 11) is 1.37. The van der Waals surface area contributed by atoms with Crippen molar-refractivity contribution in [1.82, 2.24) is 14.8 Å². The normalized spacial score (nSPS) is 13.1. The van der Waals surface area contributed by atoms with E-state index in [2.05, 4.69) is 15.5 Å². The summed E-state index contributed by atoms with van der Waals surface area (Å²) in [5.74, 6) is 0.977. The Morgan fingerprint density at radius 2 is 2.00 bits per heavy atom. The van der Waals surface area contributed by atoms with Gasteiger partial charge in [0.25, 0.3) is 0 Å². The second-order valence-corrected chi connectivity index (χ2v) is 11.7. The fraction of sp³-hybridized carbons (Fsp3) is 0.462. The van der Waals surface area contributed by atoms with Crippen molar-refractivity contribution in [1.29, 1.82) is 0 Å². The summed E-state index contributed by atoms with van der Waals surface area (Å²) < 4.78 is 12.8. The number of methoxy groups -OCH3 is 1. The topological polar surface area (TPSA) is 95.3 Å². The van der Waals surface area contributed by atoms with Crippen LogP contribution in [0.25, 0.3) is 0 Å². The molecule has 8 nitrogen and oxygen atoms in total. The monoisotopic (exact) mass is 596 g/mol. The number of aryl methyl sites for hydroxylation is 2. The Labute approximate surface area is 240 Å². The second kappa shape index (κ2) is 13.7. The van der Waals surface area contributed by atoms with Crippen molar-refractivity contribution in [3.63, 3.8) is 0 Å². The van der Waals surface area contributed by atoms with Gasteiger partial charge >= 0.3 is 5.97 Å². The largest absolute Gasteiger partial charge is 0.492 e. The fourth-order valence-corrected chi connectivity index (χ4v) is 6.95. The number of rotatable bonds is 11. The molecule has 2 aromatic heterocycles. The molecular weight excluding hydrogens is 567 g/mol. The Balaban J connectivity index is 1.33. The van der Waals surface area contributed by atoms with E-state index in [9.17, 15) is 9.59 Å². The number of nitrogens with zero attached hydrogens (tertiary/aromatic N) is 3. The lowest BCUT2D eigenvalue weighted by atomic mass is 10.1. The number of thiophene rings is 1. The zero-order valence-corrected chi connectivity index (χ0v) is 24.5. The first-order valence-corrected chi connectivity index (χ1v) is 15.1. The molecule has 1 aliphatic rings. The van der Waals surface area contributed by atoms with Gasteiger partial charge in [0.2, 0.25) is 5.91 Å². The highest BCUT2D eigenvalue weighted by molar-refractivity contribution is 7.99. The number of carbonyl (C=O) groups excluding carboxylic acids is 2. The SMILES string of the molecule is CCn1c(CCCOc2ccc(Cl)cc2Cl)nnc1SCC(=O)Nc1sc2c(c1C(=O)OC)CCCCC2. The predicted octanol–water partition coefficient (Wildman–Crippen LogP) is 6.46. The van der Waals surface area contributed by atoms with Crippen molar-refractivity contribution < 1.29 is 19.1 Å². The average molecular weight is 598 g/mol. The lowest BCUT2D eigenvalue weighted by molar-refractivity contribution is -0.113. The number of fused-ring (bicyclic) bond motifs is 1. The first-order chi connectivity index (χ1) is 18.4. The molecule has 12 heteroatoms. The lowest BCUT2D eigenvalue weighted by Gasteiger charge is -2.10. The smallest absolute Gasteiger partial charge is 0.341 e. The third kappa shape index (κ3) is 7.02. The maximum atomic E-state index is 12.9. The molecule has 0 atom stereocenters. The maximum absolute atomic E-state index is 12.9.